The fourth-order valence-electron chi connectivity index (χ4n) is 5.35. The van der Waals surface area contributed by atoms with Gasteiger partial charge in [0.05, 0.1) is 25.0 Å². The van der Waals surface area contributed by atoms with Gasteiger partial charge in [-0.05, 0) is 71.8 Å². The Morgan fingerprint density at radius 3 is 2.52 bits per heavy atom. The van der Waals surface area contributed by atoms with Crippen LogP contribution in [0.1, 0.15) is 71.7 Å². The number of carbonyl (C=O) groups is 4. The van der Waals surface area contributed by atoms with Crippen molar-refractivity contribution < 1.29 is 28.7 Å². The molecule has 0 atom stereocenters. The number of fused-ring (bicyclic) bond motifs is 3. The summed E-state index contributed by atoms with van der Waals surface area (Å²) in [6, 6.07) is 12.0. The zero-order valence-electron chi connectivity index (χ0n) is 26.0. The highest BCUT2D eigenvalue weighted by atomic mass is 32.1. The summed E-state index contributed by atoms with van der Waals surface area (Å²) in [5.74, 6) is -1.61. The number of carbonyl (C=O) groups excluding carboxylic acids is 4. The number of ether oxygens (including phenoxy) is 2. The first-order valence-electron chi connectivity index (χ1n) is 14.8. The SMILES string of the molecule is CCCNC(=O)c1ccc(-c2cc3c(cc2C(=O)Nc2c(C)cc(CN)cc2C(=O)NC)-c2sccc2CCO3)c(C(=O)OC)n1. The van der Waals surface area contributed by atoms with Crippen molar-refractivity contribution in [2.75, 3.05) is 32.6 Å². The number of pyridine rings is 1. The molecule has 4 aromatic rings. The van der Waals surface area contributed by atoms with Gasteiger partial charge >= 0.3 is 5.97 Å². The van der Waals surface area contributed by atoms with E-state index in [4.69, 9.17) is 15.2 Å². The number of anilines is 1. The van der Waals surface area contributed by atoms with Crippen LogP contribution in [-0.2, 0) is 17.7 Å². The minimum Gasteiger partial charge on any atom is -0.493 e. The lowest BCUT2D eigenvalue weighted by atomic mass is 9.93. The van der Waals surface area contributed by atoms with Gasteiger partial charge in [-0.15, -0.1) is 11.3 Å². The molecule has 2 aromatic heterocycles. The molecule has 3 heterocycles. The molecule has 0 spiro atoms. The number of aromatic nitrogens is 1. The van der Waals surface area contributed by atoms with Crippen LogP contribution >= 0.6 is 11.3 Å². The van der Waals surface area contributed by atoms with E-state index >= 15 is 0 Å². The number of hydrogen-bond donors (Lipinski definition) is 4. The third kappa shape index (κ3) is 6.35. The van der Waals surface area contributed by atoms with Gasteiger partial charge < -0.3 is 31.2 Å². The monoisotopic (exact) mass is 641 g/mol. The van der Waals surface area contributed by atoms with Crippen LogP contribution in [0.2, 0.25) is 0 Å². The van der Waals surface area contributed by atoms with Crippen LogP contribution in [0, 0.1) is 6.92 Å². The zero-order valence-corrected chi connectivity index (χ0v) is 26.9. The van der Waals surface area contributed by atoms with E-state index in [0.29, 0.717) is 42.1 Å². The predicted octanol–water partition coefficient (Wildman–Crippen LogP) is 4.72. The summed E-state index contributed by atoms with van der Waals surface area (Å²) in [7, 11) is 2.73. The van der Waals surface area contributed by atoms with Crippen molar-refractivity contribution in [2.24, 2.45) is 5.73 Å². The Kier molecular flexibility index (Phi) is 9.78. The highest BCUT2D eigenvalue weighted by molar-refractivity contribution is 7.13. The molecule has 0 radical (unpaired) electrons. The van der Waals surface area contributed by atoms with E-state index in [9.17, 15) is 19.2 Å². The van der Waals surface area contributed by atoms with Crippen LogP contribution < -0.4 is 26.4 Å². The zero-order chi connectivity index (χ0) is 33.0. The van der Waals surface area contributed by atoms with Gasteiger partial charge in [0.1, 0.15) is 11.4 Å². The van der Waals surface area contributed by atoms with E-state index in [1.807, 2.05) is 24.4 Å². The van der Waals surface area contributed by atoms with Gasteiger partial charge in [0.25, 0.3) is 17.7 Å². The predicted molar refractivity (Wildman–Crippen MR) is 177 cm³/mol. The molecular formula is C34H35N5O6S. The number of nitrogens with one attached hydrogen (secondary N) is 3. The molecule has 11 nitrogen and oxygen atoms in total. The molecule has 46 heavy (non-hydrogen) atoms. The first-order valence-corrected chi connectivity index (χ1v) is 15.7. The Hall–Kier alpha value is -5.07. The average Bonchev–Trinajstić information content (AvgIpc) is 3.47. The van der Waals surface area contributed by atoms with Crippen LogP contribution in [0.4, 0.5) is 5.69 Å². The third-order valence-electron chi connectivity index (χ3n) is 7.66. The summed E-state index contributed by atoms with van der Waals surface area (Å²) in [6.07, 6.45) is 1.41. The normalized spacial score (nSPS) is 11.8. The van der Waals surface area contributed by atoms with E-state index in [-0.39, 0.29) is 40.5 Å². The Labute approximate surface area is 270 Å². The lowest BCUT2D eigenvalue weighted by Gasteiger charge is -2.19. The van der Waals surface area contributed by atoms with Crippen molar-refractivity contribution >= 4 is 40.7 Å². The molecule has 238 valence electrons. The summed E-state index contributed by atoms with van der Waals surface area (Å²) >= 11 is 1.54. The second kappa shape index (κ2) is 13.9. The van der Waals surface area contributed by atoms with Crippen molar-refractivity contribution in [2.45, 2.75) is 33.2 Å². The molecule has 0 aliphatic carbocycles. The Bertz CT molecular complexity index is 1850. The summed E-state index contributed by atoms with van der Waals surface area (Å²) in [5, 5.41) is 10.3. The van der Waals surface area contributed by atoms with E-state index < -0.39 is 17.8 Å². The highest BCUT2D eigenvalue weighted by Gasteiger charge is 2.28. The first kappa shape index (κ1) is 32.3. The van der Waals surface area contributed by atoms with E-state index in [0.717, 1.165) is 28.0 Å². The number of esters is 1. The third-order valence-corrected chi connectivity index (χ3v) is 8.65. The topological polar surface area (TPSA) is 162 Å². The van der Waals surface area contributed by atoms with Crippen LogP contribution in [0.3, 0.4) is 0 Å². The minimum atomic E-state index is -0.780. The lowest BCUT2D eigenvalue weighted by Crippen LogP contribution is -2.26. The molecule has 1 aliphatic rings. The number of nitrogens with two attached hydrogens (primary N) is 1. The number of benzene rings is 2. The molecule has 5 N–H and O–H groups in total. The maximum atomic E-state index is 14.3. The maximum absolute atomic E-state index is 14.3. The first-order chi connectivity index (χ1) is 22.2. The van der Waals surface area contributed by atoms with E-state index in [1.54, 1.807) is 31.2 Å². The highest BCUT2D eigenvalue weighted by Crippen LogP contribution is 2.43. The van der Waals surface area contributed by atoms with Crippen molar-refractivity contribution in [1.82, 2.24) is 15.6 Å². The molecule has 12 heteroatoms. The Balaban J connectivity index is 1.72. The molecule has 3 amide bonds. The summed E-state index contributed by atoms with van der Waals surface area (Å²) in [4.78, 5) is 58.4. The second-order valence-electron chi connectivity index (χ2n) is 10.7. The van der Waals surface area contributed by atoms with Gasteiger partial charge in [0.15, 0.2) is 5.69 Å². The molecule has 0 saturated heterocycles. The van der Waals surface area contributed by atoms with Crippen molar-refractivity contribution in [3.05, 3.63) is 87.0 Å². The molecule has 5 rings (SSSR count). The number of nitrogens with zero attached hydrogens (tertiary/aromatic N) is 1. The molecule has 0 saturated carbocycles. The van der Waals surface area contributed by atoms with Gasteiger partial charge in [-0.25, -0.2) is 9.78 Å². The largest absolute Gasteiger partial charge is 0.493 e. The molecule has 0 unspecified atom stereocenters. The fourth-order valence-corrected chi connectivity index (χ4v) is 6.33. The van der Waals surface area contributed by atoms with Crippen LogP contribution in [-0.4, -0.2) is 56.0 Å². The van der Waals surface area contributed by atoms with Crippen molar-refractivity contribution in [1.29, 1.82) is 0 Å². The van der Waals surface area contributed by atoms with Gasteiger partial charge in [-0.2, -0.15) is 0 Å². The molecule has 0 fully saturated rings. The lowest BCUT2D eigenvalue weighted by molar-refractivity contribution is 0.0594. The van der Waals surface area contributed by atoms with Crippen LogP contribution in [0.25, 0.3) is 21.6 Å². The molecule has 0 bridgehead atoms. The number of aryl methyl sites for hydroxylation is 1. The van der Waals surface area contributed by atoms with Crippen LogP contribution in [0.5, 0.6) is 5.75 Å². The van der Waals surface area contributed by atoms with Gasteiger partial charge in [0, 0.05) is 53.7 Å². The summed E-state index contributed by atoms with van der Waals surface area (Å²) in [5.41, 5.74) is 10.4. The van der Waals surface area contributed by atoms with Gasteiger partial charge in [-0.1, -0.05) is 13.0 Å². The Morgan fingerprint density at radius 2 is 1.80 bits per heavy atom. The van der Waals surface area contributed by atoms with Gasteiger partial charge in [0.2, 0.25) is 0 Å². The molecule has 1 aliphatic heterocycles. The number of hydrogen-bond acceptors (Lipinski definition) is 9. The number of amides is 3. The minimum absolute atomic E-state index is 0.0312. The van der Waals surface area contributed by atoms with Gasteiger partial charge in [-0.3, -0.25) is 14.4 Å². The molecular weight excluding hydrogens is 606 g/mol. The smallest absolute Gasteiger partial charge is 0.357 e. The van der Waals surface area contributed by atoms with Crippen LogP contribution in [0.15, 0.2) is 47.8 Å². The fraction of sp³-hybridized carbons (Fsp3) is 0.265. The van der Waals surface area contributed by atoms with Crippen molar-refractivity contribution in [3.63, 3.8) is 0 Å². The van der Waals surface area contributed by atoms with E-state index in [2.05, 4.69) is 20.9 Å². The number of rotatable bonds is 9. The van der Waals surface area contributed by atoms with E-state index in [1.165, 1.54) is 31.6 Å². The average molecular weight is 642 g/mol. The number of thiophene rings is 1. The quantitative estimate of drug-likeness (QED) is 0.191. The maximum Gasteiger partial charge on any atom is 0.357 e. The second-order valence-corrected chi connectivity index (χ2v) is 11.6. The summed E-state index contributed by atoms with van der Waals surface area (Å²) < 4.78 is 11.2. The number of methoxy groups -OCH3 is 1. The standard InChI is InChI=1S/C34H35N5O6S/c1-5-10-37-33(42)26-7-6-21(29(38-26)34(43)44-4)22-16-27-24(30-20(8-11-45-27)9-12-46-30)15-23(22)32(41)39-28-18(2)13-19(17-35)14-25(28)31(40)36-3/h6-7,9,12-16H,5,8,10-11,17,35H2,1-4H3,(H,36,40)(H,37,42)(H,39,41). The molecule has 2 aromatic carbocycles. The summed E-state index contributed by atoms with van der Waals surface area (Å²) in [6.45, 7) is 4.78. The van der Waals surface area contributed by atoms with Crippen molar-refractivity contribution in [3.8, 4) is 27.3 Å². The Morgan fingerprint density at radius 1 is 1.00 bits per heavy atom.